The minimum Gasteiger partial charge on any atom is -0.496 e. The molecule has 0 spiro atoms. The van der Waals surface area contributed by atoms with Crippen LogP contribution in [-0.2, 0) is 9.59 Å². The molecule has 186 valence electrons. The number of carbonyl (C=O) groups is 2. The van der Waals surface area contributed by atoms with Crippen LogP contribution in [-0.4, -0.2) is 40.4 Å². The number of hydrogen-bond donors (Lipinski definition) is 0. The van der Waals surface area contributed by atoms with Crippen molar-refractivity contribution in [3.63, 3.8) is 0 Å². The van der Waals surface area contributed by atoms with Crippen LogP contribution in [0.2, 0.25) is 0 Å². The van der Waals surface area contributed by atoms with Crippen LogP contribution in [0.25, 0.3) is 32.7 Å². The maximum Gasteiger partial charge on any atom is 0.308 e. The minimum atomic E-state index is -0.448. The molecule has 0 unspecified atom stereocenters. The summed E-state index contributed by atoms with van der Waals surface area (Å²) >= 11 is 0. The predicted molar refractivity (Wildman–Crippen MR) is 136 cm³/mol. The van der Waals surface area contributed by atoms with Gasteiger partial charge < -0.3 is 28.4 Å². The molecule has 0 saturated heterocycles. The summed E-state index contributed by atoms with van der Waals surface area (Å²) in [5.74, 6) is 2.04. The van der Waals surface area contributed by atoms with Crippen LogP contribution in [0.4, 0.5) is 0 Å². The van der Waals surface area contributed by atoms with Gasteiger partial charge in [0.05, 0.1) is 39.2 Å². The monoisotopic (exact) mass is 490 g/mol. The number of hydrogen-bond acceptors (Lipinski definition) is 8. The fourth-order valence-electron chi connectivity index (χ4n) is 4.26. The maximum atomic E-state index is 11.8. The van der Waals surface area contributed by atoms with Crippen LogP contribution in [0, 0.1) is 0 Å². The molecule has 36 heavy (non-hydrogen) atoms. The van der Waals surface area contributed by atoms with Crippen molar-refractivity contribution in [2.45, 2.75) is 13.8 Å². The van der Waals surface area contributed by atoms with Crippen LogP contribution in [0.3, 0.4) is 0 Å². The quantitative estimate of drug-likeness (QED) is 0.246. The summed E-state index contributed by atoms with van der Waals surface area (Å²) in [5, 5.41) is 2.59. The van der Waals surface area contributed by atoms with Crippen molar-refractivity contribution in [3.8, 4) is 45.6 Å². The third-order valence-corrected chi connectivity index (χ3v) is 5.72. The second kappa shape index (κ2) is 10.0. The number of fused-ring (bicyclic) bond motifs is 2. The summed E-state index contributed by atoms with van der Waals surface area (Å²) < 4.78 is 33.5. The van der Waals surface area contributed by atoms with E-state index in [-0.39, 0.29) is 0 Å². The first-order chi connectivity index (χ1) is 17.3. The lowest BCUT2D eigenvalue weighted by Gasteiger charge is -2.17. The molecule has 0 aliphatic heterocycles. The Morgan fingerprint density at radius 1 is 0.500 bits per heavy atom. The highest BCUT2D eigenvalue weighted by atomic mass is 16.5. The van der Waals surface area contributed by atoms with E-state index in [4.69, 9.17) is 28.4 Å². The van der Waals surface area contributed by atoms with Crippen LogP contribution in [0.1, 0.15) is 13.8 Å². The van der Waals surface area contributed by atoms with Gasteiger partial charge in [-0.2, -0.15) is 0 Å². The molecular weight excluding hydrogens is 464 g/mol. The molecule has 4 aromatic carbocycles. The number of methoxy groups -OCH3 is 4. The van der Waals surface area contributed by atoms with Crippen molar-refractivity contribution in [1.29, 1.82) is 0 Å². The standard InChI is InChI=1S/C28H26O8/c1-15(29)35-21-7-9-23(31-3)27-19(21)11-17(13-25(27)33-5)18-12-20-22(36-16(2)30)8-10-24(32-4)28(20)26(14-18)34-6/h7-14H,1-6H3. The van der Waals surface area contributed by atoms with Gasteiger partial charge in [0.1, 0.15) is 34.5 Å². The second-order valence-electron chi connectivity index (χ2n) is 7.92. The van der Waals surface area contributed by atoms with Crippen molar-refractivity contribution in [3.05, 3.63) is 48.5 Å². The van der Waals surface area contributed by atoms with Gasteiger partial charge in [0.15, 0.2) is 0 Å². The van der Waals surface area contributed by atoms with E-state index in [1.165, 1.54) is 13.8 Å². The molecule has 8 nitrogen and oxygen atoms in total. The van der Waals surface area contributed by atoms with Gasteiger partial charge in [-0.05, 0) is 59.7 Å². The third kappa shape index (κ3) is 4.45. The number of esters is 2. The number of carbonyl (C=O) groups excluding carboxylic acids is 2. The third-order valence-electron chi connectivity index (χ3n) is 5.72. The summed E-state index contributed by atoms with van der Waals surface area (Å²) in [4.78, 5) is 23.6. The van der Waals surface area contributed by atoms with E-state index in [0.717, 1.165) is 11.1 Å². The average Bonchev–Trinajstić information content (AvgIpc) is 2.87. The molecule has 0 N–H and O–H groups in total. The van der Waals surface area contributed by atoms with Gasteiger partial charge in [0.25, 0.3) is 0 Å². The van der Waals surface area contributed by atoms with Crippen molar-refractivity contribution in [2.24, 2.45) is 0 Å². The summed E-state index contributed by atoms with van der Waals surface area (Å²) in [6, 6.07) is 14.3. The molecule has 0 aliphatic rings. The molecular formula is C28H26O8. The highest BCUT2D eigenvalue weighted by molar-refractivity contribution is 6.04. The molecule has 0 radical (unpaired) electrons. The van der Waals surface area contributed by atoms with Crippen LogP contribution in [0.5, 0.6) is 34.5 Å². The van der Waals surface area contributed by atoms with Crippen molar-refractivity contribution in [2.75, 3.05) is 28.4 Å². The predicted octanol–water partition coefficient (Wildman–Crippen LogP) is 5.55. The van der Waals surface area contributed by atoms with E-state index in [9.17, 15) is 9.59 Å². The normalized spacial score (nSPS) is 10.7. The van der Waals surface area contributed by atoms with Crippen LogP contribution >= 0.6 is 0 Å². The van der Waals surface area contributed by atoms with Gasteiger partial charge in [-0.1, -0.05) is 0 Å². The lowest BCUT2D eigenvalue weighted by Crippen LogP contribution is -2.03. The average molecular weight is 491 g/mol. The van der Waals surface area contributed by atoms with Gasteiger partial charge in [0, 0.05) is 24.6 Å². The molecule has 0 bridgehead atoms. The lowest BCUT2D eigenvalue weighted by molar-refractivity contribution is -0.132. The first-order valence-corrected chi connectivity index (χ1v) is 11.1. The summed E-state index contributed by atoms with van der Waals surface area (Å²) in [7, 11) is 6.24. The molecule has 0 aromatic heterocycles. The lowest BCUT2D eigenvalue weighted by atomic mass is 9.96. The molecule has 4 rings (SSSR count). The summed E-state index contributed by atoms with van der Waals surface area (Å²) in [5.41, 5.74) is 1.50. The molecule has 4 aromatic rings. The first kappa shape index (κ1) is 24.7. The van der Waals surface area contributed by atoms with Crippen LogP contribution < -0.4 is 28.4 Å². The fourth-order valence-corrected chi connectivity index (χ4v) is 4.26. The Morgan fingerprint density at radius 3 is 1.14 bits per heavy atom. The Morgan fingerprint density at radius 2 is 0.833 bits per heavy atom. The van der Waals surface area contributed by atoms with E-state index >= 15 is 0 Å². The van der Waals surface area contributed by atoms with Gasteiger partial charge >= 0.3 is 11.9 Å². The molecule has 0 saturated carbocycles. The second-order valence-corrected chi connectivity index (χ2v) is 7.92. The number of ether oxygens (including phenoxy) is 6. The highest BCUT2D eigenvalue weighted by Crippen LogP contribution is 2.46. The van der Waals surface area contributed by atoms with Crippen LogP contribution in [0.15, 0.2) is 48.5 Å². The Hall–Kier alpha value is -4.46. The van der Waals surface area contributed by atoms with E-state index < -0.39 is 11.9 Å². The highest BCUT2D eigenvalue weighted by Gasteiger charge is 2.20. The molecule has 0 fully saturated rings. The van der Waals surface area contributed by atoms with Gasteiger partial charge in [-0.15, -0.1) is 0 Å². The van der Waals surface area contributed by atoms with Crippen molar-refractivity contribution >= 4 is 33.5 Å². The Kier molecular flexibility index (Phi) is 6.87. The SMILES string of the molecule is COc1ccc(OC(C)=O)c2cc(-c3cc(OC)c4c(OC)ccc(OC(C)=O)c4c3)cc(OC)c12. The zero-order valence-electron chi connectivity index (χ0n) is 20.9. The number of rotatable bonds is 7. The van der Waals surface area contributed by atoms with E-state index in [1.807, 2.05) is 24.3 Å². The van der Waals surface area contributed by atoms with Crippen molar-refractivity contribution < 1.29 is 38.0 Å². The topological polar surface area (TPSA) is 89.5 Å². The molecule has 0 atom stereocenters. The van der Waals surface area contributed by atoms with E-state index in [2.05, 4.69) is 0 Å². The molecule has 8 heteroatoms. The van der Waals surface area contributed by atoms with E-state index in [0.29, 0.717) is 56.0 Å². The zero-order chi connectivity index (χ0) is 26.0. The number of benzene rings is 4. The Balaban J connectivity index is 2.07. The summed E-state index contributed by atoms with van der Waals surface area (Å²) in [6.07, 6.45) is 0. The summed E-state index contributed by atoms with van der Waals surface area (Å²) in [6.45, 7) is 2.69. The molecule has 0 amide bonds. The minimum absolute atomic E-state index is 0.369. The Bertz CT molecular complexity index is 1380. The Labute approximate surface area is 208 Å². The smallest absolute Gasteiger partial charge is 0.308 e. The van der Waals surface area contributed by atoms with Gasteiger partial charge in [0.2, 0.25) is 0 Å². The zero-order valence-corrected chi connectivity index (χ0v) is 20.9. The molecule has 0 aliphatic carbocycles. The van der Waals surface area contributed by atoms with Crippen molar-refractivity contribution in [1.82, 2.24) is 0 Å². The fraction of sp³-hybridized carbons (Fsp3) is 0.214. The molecule has 0 heterocycles. The van der Waals surface area contributed by atoms with Gasteiger partial charge in [-0.25, -0.2) is 0 Å². The van der Waals surface area contributed by atoms with Gasteiger partial charge in [-0.3, -0.25) is 9.59 Å². The van der Waals surface area contributed by atoms with E-state index in [1.54, 1.807) is 52.7 Å². The maximum absolute atomic E-state index is 11.8. The first-order valence-electron chi connectivity index (χ1n) is 11.1. The largest absolute Gasteiger partial charge is 0.496 e.